The number of aryl methyl sites for hydroxylation is 3. The van der Waals surface area contributed by atoms with E-state index in [-0.39, 0.29) is 0 Å². The standard InChI is InChI=1S/C12H16N2OS/c1-4-10-9(7-14(3)13-10)12(15)11-6-5-8(2)16-11/h5-7,12,15H,4H2,1-3H3. The van der Waals surface area contributed by atoms with E-state index in [1.165, 1.54) is 4.88 Å². The number of rotatable bonds is 3. The Morgan fingerprint density at radius 3 is 2.81 bits per heavy atom. The van der Waals surface area contributed by atoms with Crippen LogP contribution in [0.4, 0.5) is 0 Å². The lowest BCUT2D eigenvalue weighted by molar-refractivity contribution is 0.223. The largest absolute Gasteiger partial charge is 0.383 e. The van der Waals surface area contributed by atoms with Crippen molar-refractivity contribution in [3.05, 3.63) is 39.3 Å². The summed E-state index contributed by atoms with van der Waals surface area (Å²) in [6.07, 6.45) is 2.21. The molecular formula is C12H16N2OS. The summed E-state index contributed by atoms with van der Waals surface area (Å²) >= 11 is 1.63. The van der Waals surface area contributed by atoms with Gasteiger partial charge in [-0.25, -0.2) is 0 Å². The fraction of sp³-hybridized carbons (Fsp3) is 0.417. The van der Waals surface area contributed by atoms with E-state index in [2.05, 4.69) is 12.0 Å². The molecule has 86 valence electrons. The summed E-state index contributed by atoms with van der Waals surface area (Å²) in [5.74, 6) is 0. The molecule has 0 aliphatic rings. The molecule has 0 spiro atoms. The SMILES string of the molecule is CCc1nn(C)cc1C(O)c1ccc(C)s1. The van der Waals surface area contributed by atoms with Crippen LogP contribution in [-0.2, 0) is 13.5 Å². The molecule has 2 aromatic heterocycles. The highest BCUT2D eigenvalue weighted by Crippen LogP contribution is 2.29. The molecule has 1 N–H and O–H groups in total. The highest BCUT2D eigenvalue weighted by atomic mass is 32.1. The molecule has 0 radical (unpaired) electrons. The second-order valence-electron chi connectivity index (χ2n) is 3.91. The molecule has 2 aromatic rings. The average Bonchev–Trinajstić information content (AvgIpc) is 2.83. The Morgan fingerprint density at radius 1 is 1.50 bits per heavy atom. The topological polar surface area (TPSA) is 38.0 Å². The number of nitrogens with zero attached hydrogens (tertiary/aromatic N) is 2. The Balaban J connectivity index is 2.36. The van der Waals surface area contributed by atoms with E-state index < -0.39 is 6.10 Å². The maximum Gasteiger partial charge on any atom is 0.116 e. The van der Waals surface area contributed by atoms with Gasteiger partial charge in [0.25, 0.3) is 0 Å². The second-order valence-corrected chi connectivity index (χ2v) is 5.23. The lowest BCUT2D eigenvalue weighted by atomic mass is 10.1. The van der Waals surface area contributed by atoms with Crippen molar-refractivity contribution in [3.63, 3.8) is 0 Å². The molecule has 1 unspecified atom stereocenters. The molecular weight excluding hydrogens is 220 g/mol. The molecule has 0 aromatic carbocycles. The molecule has 0 amide bonds. The van der Waals surface area contributed by atoms with Crippen LogP contribution in [0, 0.1) is 6.92 Å². The van der Waals surface area contributed by atoms with Gasteiger partial charge in [-0.2, -0.15) is 5.10 Å². The van der Waals surface area contributed by atoms with Crippen LogP contribution in [0.5, 0.6) is 0 Å². The summed E-state index contributed by atoms with van der Waals surface area (Å²) < 4.78 is 1.76. The van der Waals surface area contributed by atoms with E-state index in [9.17, 15) is 5.11 Å². The van der Waals surface area contributed by atoms with Gasteiger partial charge in [-0.15, -0.1) is 11.3 Å². The van der Waals surface area contributed by atoms with Crippen molar-refractivity contribution in [3.8, 4) is 0 Å². The van der Waals surface area contributed by atoms with E-state index in [1.54, 1.807) is 16.0 Å². The van der Waals surface area contributed by atoms with Crippen LogP contribution in [0.25, 0.3) is 0 Å². The summed E-state index contributed by atoms with van der Waals surface area (Å²) in [4.78, 5) is 2.20. The summed E-state index contributed by atoms with van der Waals surface area (Å²) in [5, 5.41) is 14.6. The zero-order valence-electron chi connectivity index (χ0n) is 9.77. The molecule has 0 fully saturated rings. The van der Waals surface area contributed by atoms with Crippen molar-refractivity contribution in [1.82, 2.24) is 9.78 Å². The molecule has 0 saturated heterocycles. The van der Waals surface area contributed by atoms with Crippen molar-refractivity contribution >= 4 is 11.3 Å². The number of hydrogen-bond donors (Lipinski definition) is 1. The van der Waals surface area contributed by atoms with E-state index >= 15 is 0 Å². The van der Waals surface area contributed by atoms with Crippen LogP contribution in [0.15, 0.2) is 18.3 Å². The Bertz CT molecular complexity index is 487. The third kappa shape index (κ3) is 2.03. The molecule has 16 heavy (non-hydrogen) atoms. The summed E-state index contributed by atoms with van der Waals surface area (Å²) in [5.41, 5.74) is 1.90. The van der Waals surface area contributed by atoms with E-state index in [4.69, 9.17) is 0 Å². The first-order valence-electron chi connectivity index (χ1n) is 5.38. The number of aromatic nitrogens is 2. The number of aliphatic hydroxyl groups excluding tert-OH is 1. The monoisotopic (exact) mass is 236 g/mol. The number of hydrogen-bond acceptors (Lipinski definition) is 3. The second kappa shape index (κ2) is 4.39. The van der Waals surface area contributed by atoms with Crippen LogP contribution in [0.1, 0.15) is 34.0 Å². The Hall–Kier alpha value is -1.13. The van der Waals surface area contributed by atoms with E-state index in [0.29, 0.717) is 0 Å². The van der Waals surface area contributed by atoms with Gasteiger partial charge < -0.3 is 5.11 Å². The summed E-state index contributed by atoms with van der Waals surface area (Å²) in [7, 11) is 1.88. The minimum atomic E-state index is -0.539. The Kier molecular flexibility index (Phi) is 3.12. The van der Waals surface area contributed by atoms with Crippen LogP contribution in [-0.4, -0.2) is 14.9 Å². The molecule has 0 aliphatic heterocycles. The van der Waals surface area contributed by atoms with Gasteiger partial charge in [0.1, 0.15) is 6.10 Å². The van der Waals surface area contributed by atoms with E-state index in [1.807, 2.05) is 32.3 Å². The van der Waals surface area contributed by atoms with Gasteiger partial charge in [0.05, 0.1) is 5.69 Å². The summed E-state index contributed by atoms with van der Waals surface area (Å²) in [6.45, 7) is 4.10. The van der Waals surface area contributed by atoms with Crippen molar-refractivity contribution < 1.29 is 5.11 Å². The fourth-order valence-corrected chi connectivity index (χ4v) is 2.69. The fourth-order valence-electron chi connectivity index (χ4n) is 1.81. The number of thiophene rings is 1. The first-order valence-corrected chi connectivity index (χ1v) is 6.20. The molecule has 4 heteroatoms. The summed E-state index contributed by atoms with van der Waals surface area (Å²) in [6, 6.07) is 4.02. The molecule has 0 bridgehead atoms. The zero-order chi connectivity index (χ0) is 11.7. The Labute approximate surface area is 99.4 Å². The molecule has 0 aliphatic carbocycles. The van der Waals surface area contributed by atoms with Gasteiger partial charge in [-0.1, -0.05) is 6.92 Å². The van der Waals surface area contributed by atoms with Gasteiger partial charge >= 0.3 is 0 Å². The van der Waals surface area contributed by atoms with Crippen LogP contribution < -0.4 is 0 Å². The van der Waals surface area contributed by atoms with Gasteiger partial charge in [0.15, 0.2) is 0 Å². The predicted octanol–water partition coefficient (Wildman–Crippen LogP) is 2.43. The third-order valence-corrected chi connectivity index (χ3v) is 3.65. The van der Waals surface area contributed by atoms with Crippen molar-refractivity contribution in [1.29, 1.82) is 0 Å². The zero-order valence-corrected chi connectivity index (χ0v) is 10.6. The van der Waals surface area contributed by atoms with Crippen molar-refractivity contribution in [2.45, 2.75) is 26.4 Å². The lowest BCUT2D eigenvalue weighted by Gasteiger charge is -2.07. The lowest BCUT2D eigenvalue weighted by Crippen LogP contribution is -1.99. The Morgan fingerprint density at radius 2 is 2.25 bits per heavy atom. The molecule has 1 atom stereocenters. The average molecular weight is 236 g/mol. The molecule has 0 saturated carbocycles. The van der Waals surface area contributed by atoms with Crippen molar-refractivity contribution in [2.24, 2.45) is 7.05 Å². The van der Waals surface area contributed by atoms with Gasteiger partial charge in [-0.05, 0) is 25.5 Å². The highest BCUT2D eigenvalue weighted by Gasteiger charge is 2.18. The van der Waals surface area contributed by atoms with Crippen LogP contribution in [0.2, 0.25) is 0 Å². The number of aliphatic hydroxyl groups is 1. The maximum atomic E-state index is 10.3. The first-order chi connectivity index (χ1) is 7.61. The van der Waals surface area contributed by atoms with Crippen LogP contribution >= 0.6 is 11.3 Å². The molecule has 2 rings (SSSR count). The van der Waals surface area contributed by atoms with Crippen molar-refractivity contribution in [2.75, 3.05) is 0 Å². The van der Waals surface area contributed by atoms with Gasteiger partial charge in [0.2, 0.25) is 0 Å². The highest BCUT2D eigenvalue weighted by molar-refractivity contribution is 7.12. The van der Waals surface area contributed by atoms with Gasteiger partial charge in [0, 0.05) is 28.6 Å². The minimum absolute atomic E-state index is 0.539. The molecule has 2 heterocycles. The maximum absolute atomic E-state index is 10.3. The van der Waals surface area contributed by atoms with E-state index in [0.717, 1.165) is 22.6 Å². The normalized spacial score (nSPS) is 13.0. The third-order valence-electron chi connectivity index (χ3n) is 2.60. The molecule has 3 nitrogen and oxygen atoms in total. The first kappa shape index (κ1) is 11.4. The minimum Gasteiger partial charge on any atom is -0.383 e. The smallest absolute Gasteiger partial charge is 0.116 e. The van der Waals surface area contributed by atoms with Gasteiger partial charge in [-0.3, -0.25) is 4.68 Å². The van der Waals surface area contributed by atoms with Crippen LogP contribution in [0.3, 0.4) is 0 Å². The quantitative estimate of drug-likeness (QED) is 0.889. The predicted molar refractivity (Wildman–Crippen MR) is 65.7 cm³/mol.